The topological polar surface area (TPSA) is 81.4 Å². The highest BCUT2D eigenvalue weighted by molar-refractivity contribution is 5.80. The number of aliphatic hydroxyl groups excluding tert-OH is 1. The number of fused-ring (bicyclic) bond motifs is 1. The molecule has 2 rings (SSSR count). The monoisotopic (exact) mass is 276 g/mol. The van der Waals surface area contributed by atoms with Crippen LogP contribution in [0.15, 0.2) is 35.3 Å². The van der Waals surface area contributed by atoms with E-state index < -0.39 is 12.1 Å². The van der Waals surface area contributed by atoms with Crippen LogP contribution in [0.1, 0.15) is 13.3 Å². The van der Waals surface area contributed by atoms with Gasteiger partial charge in [-0.1, -0.05) is 18.2 Å². The number of benzene rings is 1. The first-order chi connectivity index (χ1) is 9.61. The second-order valence-corrected chi connectivity index (χ2v) is 4.38. The molecule has 20 heavy (non-hydrogen) atoms. The summed E-state index contributed by atoms with van der Waals surface area (Å²) in [5.41, 5.74) is -0.286. The van der Waals surface area contributed by atoms with Gasteiger partial charge in [-0.15, -0.1) is 0 Å². The van der Waals surface area contributed by atoms with E-state index in [9.17, 15) is 14.7 Å². The second kappa shape index (κ2) is 6.29. The highest BCUT2D eigenvalue weighted by atomic mass is 16.5. The maximum atomic E-state index is 12.1. The minimum absolute atomic E-state index is 0.0392. The summed E-state index contributed by atoms with van der Waals surface area (Å²) in [4.78, 5) is 23.4. The molecule has 1 aromatic carbocycles. The van der Waals surface area contributed by atoms with Gasteiger partial charge in [-0.3, -0.25) is 9.59 Å². The molecule has 0 bridgehead atoms. The summed E-state index contributed by atoms with van der Waals surface area (Å²) in [6.07, 6.45) is 0.406. The van der Waals surface area contributed by atoms with Gasteiger partial charge in [0.05, 0.1) is 37.3 Å². The first-order valence-electron chi connectivity index (χ1n) is 6.40. The highest BCUT2D eigenvalue weighted by Crippen LogP contribution is 2.07. The van der Waals surface area contributed by atoms with Crippen molar-refractivity contribution >= 4 is 16.7 Å². The van der Waals surface area contributed by atoms with E-state index in [2.05, 4.69) is 5.10 Å². The smallest absolute Gasteiger partial charge is 0.308 e. The number of carbonyl (C=O) groups excluding carboxylic acids is 1. The molecule has 0 aliphatic rings. The number of hydrogen-bond donors (Lipinski definition) is 1. The second-order valence-electron chi connectivity index (χ2n) is 4.38. The van der Waals surface area contributed by atoms with Crippen LogP contribution in [0.25, 0.3) is 10.8 Å². The Balaban J connectivity index is 2.16. The Hall–Kier alpha value is -2.21. The summed E-state index contributed by atoms with van der Waals surface area (Å²) in [5, 5.41) is 15.1. The lowest BCUT2D eigenvalue weighted by atomic mass is 10.2. The first-order valence-corrected chi connectivity index (χ1v) is 6.40. The number of aliphatic hydroxyl groups is 1. The van der Waals surface area contributed by atoms with Gasteiger partial charge in [0.15, 0.2) is 0 Å². The summed E-state index contributed by atoms with van der Waals surface area (Å²) >= 11 is 0. The molecule has 0 amide bonds. The predicted octanol–water partition coefficient (Wildman–Crippen LogP) is 0.711. The van der Waals surface area contributed by atoms with Crippen molar-refractivity contribution in [1.29, 1.82) is 0 Å². The molecule has 0 spiro atoms. The zero-order valence-corrected chi connectivity index (χ0v) is 11.2. The maximum Gasteiger partial charge on any atom is 0.308 e. The molecular weight excluding hydrogens is 260 g/mol. The van der Waals surface area contributed by atoms with Crippen molar-refractivity contribution < 1.29 is 14.6 Å². The highest BCUT2D eigenvalue weighted by Gasteiger charge is 2.14. The van der Waals surface area contributed by atoms with E-state index in [-0.39, 0.29) is 25.1 Å². The molecule has 0 aliphatic carbocycles. The normalized spacial score (nSPS) is 12.3. The zero-order chi connectivity index (χ0) is 14.5. The van der Waals surface area contributed by atoms with E-state index in [1.807, 2.05) is 6.07 Å². The van der Waals surface area contributed by atoms with Crippen molar-refractivity contribution in [2.75, 3.05) is 6.61 Å². The molecule has 106 valence electrons. The third kappa shape index (κ3) is 3.21. The molecule has 0 saturated carbocycles. The van der Waals surface area contributed by atoms with Gasteiger partial charge in [0.1, 0.15) is 0 Å². The summed E-state index contributed by atoms with van der Waals surface area (Å²) in [5.74, 6) is -0.492. The number of carbonyl (C=O) groups is 1. The standard InChI is InChI=1S/C14H16N2O4/c1-2-20-13(18)7-11(17)9-16-14(19)12-6-4-3-5-10(12)8-15-16/h3-6,8,11,17H,2,7,9H2,1H3. The lowest BCUT2D eigenvalue weighted by Gasteiger charge is -2.11. The van der Waals surface area contributed by atoms with Crippen molar-refractivity contribution in [2.45, 2.75) is 26.0 Å². The lowest BCUT2D eigenvalue weighted by Crippen LogP contribution is -2.30. The number of rotatable bonds is 5. The molecule has 0 saturated heterocycles. The van der Waals surface area contributed by atoms with Gasteiger partial charge in [0.2, 0.25) is 0 Å². The van der Waals surface area contributed by atoms with Crippen LogP contribution in [0.4, 0.5) is 0 Å². The van der Waals surface area contributed by atoms with Gasteiger partial charge in [-0.2, -0.15) is 5.10 Å². The van der Waals surface area contributed by atoms with Crippen molar-refractivity contribution in [3.63, 3.8) is 0 Å². The Morgan fingerprint density at radius 3 is 2.95 bits per heavy atom. The fraction of sp³-hybridized carbons (Fsp3) is 0.357. The molecule has 1 heterocycles. The summed E-state index contributed by atoms with van der Waals surface area (Å²) < 4.78 is 5.90. The van der Waals surface area contributed by atoms with E-state index in [0.717, 1.165) is 10.1 Å². The van der Waals surface area contributed by atoms with Crippen LogP contribution in [0.5, 0.6) is 0 Å². The number of esters is 1. The predicted molar refractivity (Wildman–Crippen MR) is 73.3 cm³/mol. The Morgan fingerprint density at radius 2 is 2.20 bits per heavy atom. The fourth-order valence-electron chi connectivity index (χ4n) is 1.93. The summed E-state index contributed by atoms with van der Waals surface area (Å²) in [6.45, 7) is 1.92. The molecule has 1 aromatic heterocycles. The van der Waals surface area contributed by atoms with Crippen LogP contribution in [-0.4, -0.2) is 33.6 Å². The molecule has 2 aromatic rings. The molecule has 1 unspecified atom stereocenters. The zero-order valence-electron chi connectivity index (χ0n) is 11.2. The van der Waals surface area contributed by atoms with Gasteiger partial charge in [0.25, 0.3) is 5.56 Å². The summed E-state index contributed by atoms with van der Waals surface area (Å²) in [7, 11) is 0. The molecule has 0 aliphatic heterocycles. The van der Waals surface area contributed by atoms with E-state index >= 15 is 0 Å². The van der Waals surface area contributed by atoms with E-state index in [1.165, 1.54) is 0 Å². The van der Waals surface area contributed by atoms with Crippen LogP contribution >= 0.6 is 0 Å². The minimum atomic E-state index is -1.000. The molecule has 0 fully saturated rings. The van der Waals surface area contributed by atoms with E-state index in [0.29, 0.717) is 5.39 Å². The van der Waals surface area contributed by atoms with Crippen LogP contribution in [0, 0.1) is 0 Å². The van der Waals surface area contributed by atoms with Gasteiger partial charge in [-0.25, -0.2) is 4.68 Å². The van der Waals surface area contributed by atoms with Crippen LogP contribution < -0.4 is 5.56 Å². The van der Waals surface area contributed by atoms with Crippen molar-refractivity contribution in [3.8, 4) is 0 Å². The van der Waals surface area contributed by atoms with Gasteiger partial charge in [0, 0.05) is 5.39 Å². The SMILES string of the molecule is CCOC(=O)CC(O)Cn1ncc2ccccc2c1=O. The largest absolute Gasteiger partial charge is 0.466 e. The first kappa shape index (κ1) is 14.2. The number of aromatic nitrogens is 2. The Bertz CT molecular complexity index is 666. The molecule has 6 nitrogen and oxygen atoms in total. The third-order valence-corrected chi connectivity index (χ3v) is 2.85. The lowest BCUT2D eigenvalue weighted by molar-refractivity contribution is -0.145. The quantitative estimate of drug-likeness (QED) is 0.813. The van der Waals surface area contributed by atoms with Crippen molar-refractivity contribution in [2.24, 2.45) is 0 Å². The average molecular weight is 276 g/mol. The third-order valence-electron chi connectivity index (χ3n) is 2.85. The molecule has 1 atom stereocenters. The average Bonchev–Trinajstić information content (AvgIpc) is 2.42. The molecule has 6 heteroatoms. The van der Waals surface area contributed by atoms with Crippen molar-refractivity contribution in [1.82, 2.24) is 9.78 Å². The number of hydrogen-bond acceptors (Lipinski definition) is 5. The van der Waals surface area contributed by atoms with Gasteiger partial charge >= 0.3 is 5.97 Å². The van der Waals surface area contributed by atoms with Gasteiger partial charge in [-0.05, 0) is 13.0 Å². The molecular formula is C14H16N2O4. The summed E-state index contributed by atoms with van der Waals surface area (Å²) in [6, 6.07) is 7.09. The molecule has 1 N–H and O–H groups in total. The van der Waals surface area contributed by atoms with Crippen LogP contribution in [0.3, 0.4) is 0 Å². The van der Waals surface area contributed by atoms with Crippen LogP contribution in [0.2, 0.25) is 0 Å². The van der Waals surface area contributed by atoms with Crippen LogP contribution in [-0.2, 0) is 16.1 Å². The molecule has 0 radical (unpaired) electrons. The fourth-order valence-corrected chi connectivity index (χ4v) is 1.93. The van der Waals surface area contributed by atoms with Crippen molar-refractivity contribution in [3.05, 3.63) is 40.8 Å². The van der Waals surface area contributed by atoms with Gasteiger partial charge < -0.3 is 9.84 Å². The Kier molecular flexibility index (Phi) is 4.47. The van der Waals surface area contributed by atoms with E-state index in [4.69, 9.17) is 4.74 Å². The number of ether oxygens (including phenoxy) is 1. The maximum absolute atomic E-state index is 12.1. The Morgan fingerprint density at radius 1 is 1.45 bits per heavy atom. The number of nitrogens with zero attached hydrogens (tertiary/aromatic N) is 2. The minimum Gasteiger partial charge on any atom is -0.466 e. The van der Waals surface area contributed by atoms with E-state index in [1.54, 1.807) is 31.3 Å². The Labute approximate surface area is 115 Å².